The molecule has 2 heterocycles. The summed E-state index contributed by atoms with van der Waals surface area (Å²) in [5.41, 5.74) is 14.1. The maximum atomic E-state index is 5.10. The van der Waals surface area contributed by atoms with E-state index in [0.29, 0.717) is 0 Å². The molecule has 3 nitrogen and oxygen atoms in total. The first kappa shape index (κ1) is 30.6. The van der Waals surface area contributed by atoms with Gasteiger partial charge in [0.1, 0.15) is 5.82 Å². The summed E-state index contributed by atoms with van der Waals surface area (Å²) in [5, 5.41) is 7.50. The number of imidazole rings is 1. The Morgan fingerprint density at radius 2 is 1.07 bits per heavy atom. The number of hydrogen-bond acceptors (Lipinski definition) is 2. The lowest BCUT2D eigenvalue weighted by Gasteiger charge is -2.33. The van der Waals surface area contributed by atoms with Crippen LogP contribution in [-0.4, -0.2) is 9.55 Å². The topological polar surface area (TPSA) is 21.1 Å². The molecule has 0 spiro atoms. The van der Waals surface area contributed by atoms with Gasteiger partial charge in [-0.3, -0.25) is 4.57 Å². The molecule has 254 valence electrons. The zero-order chi connectivity index (χ0) is 35.8. The molecule has 0 saturated heterocycles. The van der Waals surface area contributed by atoms with Crippen molar-refractivity contribution < 1.29 is 0 Å². The zero-order valence-corrected chi connectivity index (χ0v) is 29.9. The van der Waals surface area contributed by atoms with Crippen LogP contribution in [0.15, 0.2) is 182 Å². The van der Waals surface area contributed by atoms with E-state index < -0.39 is 0 Å². The van der Waals surface area contributed by atoms with Crippen molar-refractivity contribution in [2.45, 2.75) is 13.3 Å². The molecular weight excluding hydrogens is 655 g/mol. The Morgan fingerprint density at radius 3 is 1.87 bits per heavy atom. The lowest BCUT2D eigenvalue weighted by Crippen LogP contribution is -2.19. The number of para-hydroxylation sites is 2. The smallest absolute Gasteiger partial charge is 0.114 e. The lowest BCUT2D eigenvalue weighted by molar-refractivity contribution is 0.900. The molecule has 10 aromatic rings. The van der Waals surface area contributed by atoms with Gasteiger partial charge < -0.3 is 4.90 Å². The average Bonchev–Trinajstić information content (AvgIpc) is 3.63. The van der Waals surface area contributed by atoms with Gasteiger partial charge >= 0.3 is 0 Å². The molecule has 0 aliphatic carbocycles. The van der Waals surface area contributed by atoms with Crippen LogP contribution in [0, 0.1) is 0 Å². The molecule has 9 aromatic carbocycles. The number of rotatable bonds is 5. The Morgan fingerprint density at radius 1 is 0.426 bits per heavy atom. The van der Waals surface area contributed by atoms with E-state index in [4.69, 9.17) is 4.98 Å². The number of hydrogen-bond donors (Lipinski definition) is 0. The summed E-state index contributed by atoms with van der Waals surface area (Å²) in [6.45, 7) is 2.19. The molecule has 0 fully saturated rings. The van der Waals surface area contributed by atoms with Crippen LogP contribution in [0.25, 0.3) is 82.4 Å². The van der Waals surface area contributed by atoms with Gasteiger partial charge in [0.05, 0.1) is 28.1 Å². The second-order valence-electron chi connectivity index (χ2n) is 14.2. The first-order valence-corrected chi connectivity index (χ1v) is 18.8. The van der Waals surface area contributed by atoms with Gasteiger partial charge in [-0.25, -0.2) is 4.98 Å². The number of anilines is 3. The van der Waals surface area contributed by atoms with Gasteiger partial charge in [0, 0.05) is 12.1 Å². The normalized spacial score (nSPS) is 12.2. The average molecular weight is 690 g/mol. The molecule has 1 aliphatic heterocycles. The summed E-state index contributed by atoms with van der Waals surface area (Å²) < 4.78 is 2.37. The van der Waals surface area contributed by atoms with Crippen LogP contribution in [-0.2, 0) is 6.42 Å². The minimum atomic E-state index is 0.848. The molecule has 3 heteroatoms. The second-order valence-corrected chi connectivity index (χ2v) is 14.2. The van der Waals surface area contributed by atoms with Gasteiger partial charge in [0.15, 0.2) is 0 Å². The molecular formula is C51H35N3. The highest BCUT2D eigenvalue weighted by Gasteiger charge is 2.29. The minimum absolute atomic E-state index is 0.848. The van der Waals surface area contributed by atoms with Crippen LogP contribution in [0.3, 0.4) is 0 Å². The van der Waals surface area contributed by atoms with E-state index in [0.717, 1.165) is 46.0 Å². The van der Waals surface area contributed by atoms with E-state index in [1.807, 2.05) is 0 Å². The third kappa shape index (κ3) is 4.58. The van der Waals surface area contributed by atoms with Gasteiger partial charge in [0.2, 0.25) is 0 Å². The highest BCUT2D eigenvalue weighted by molar-refractivity contribution is 6.22. The van der Waals surface area contributed by atoms with Crippen molar-refractivity contribution in [1.82, 2.24) is 9.55 Å². The van der Waals surface area contributed by atoms with Crippen LogP contribution in [0.1, 0.15) is 12.7 Å². The molecule has 0 saturated carbocycles. The lowest BCUT2D eigenvalue weighted by atomic mass is 9.84. The number of aryl methyl sites for hydroxylation is 1. The highest BCUT2D eigenvalue weighted by Crippen LogP contribution is 2.49. The molecule has 1 aliphatic rings. The van der Waals surface area contributed by atoms with Gasteiger partial charge in [-0.2, -0.15) is 0 Å². The Hall–Kier alpha value is -6.97. The Kier molecular flexibility index (Phi) is 6.83. The van der Waals surface area contributed by atoms with Crippen molar-refractivity contribution in [2.24, 2.45) is 0 Å². The van der Waals surface area contributed by atoms with Crippen LogP contribution in [0.4, 0.5) is 17.1 Å². The zero-order valence-electron chi connectivity index (χ0n) is 29.9. The summed E-state index contributed by atoms with van der Waals surface area (Å²) in [6.07, 6.45) is 0.848. The van der Waals surface area contributed by atoms with E-state index in [-0.39, 0.29) is 0 Å². The summed E-state index contributed by atoms with van der Waals surface area (Å²) in [5.74, 6) is 1.07. The van der Waals surface area contributed by atoms with E-state index in [1.165, 1.54) is 65.7 Å². The predicted octanol–water partition coefficient (Wildman–Crippen LogP) is 13.8. The molecule has 0 radical (unpaired) electrons. The number of aromatic nitrogens is 2. The maximum absolute atomic E-state index is 5.10. The Balaban J connectivity index is 1.19. The summed E-state index contributed by atoms with van der Waals surface area (Å²) in [7, 11) is 0. The van der Waals surface area contributed by atoms with Crippen LogP contribution in [0.5, 0.6) is 0 Å². The molecule has 54 heavy (non-hydrogen) atoms. The second kappa shape index (κ2) is 12.0. The van der Waals surface area contributed by atoms with Gasteiger partial charge in [-0.1, -0.05) is 140 Å². The third-order valence-electron chi connectivity index (χ3n) is 11.2. The monoisotopic (exact) mass is 689 g/mol. The van der Waals surface area contributed by atoms with Crippen molar-refractivity contribution in [3.05, 3.63) is 188 Å². The fourth-order valence-corrected chi connectivity index (χ4v) is 8.82. The number of fused-ring (bicyclic) bond motifs is 5. The first-order valence-electron chi connectivity index (χ1n) is 18.8. The van der Waals surface area contributed by atoms with Gasteiger partial charge in [-0.05, 0) is 114 Å². The quantitative estimate of drug-likeness (QED) is 0.168. The van der Waals surface area contributed by atoms with Crippen molar-refractivity contribution in [3.63, 3.8) is 0 Å². The number of nitrogens with zero attached hydrogens (tertiary/aromatic N) is 3. The van der Waals surface area contributed by atoms with E-state index in [9.17, 15) is 0 Å². The SMILES string of the molecule is CCc1nc2cccc3c2n1-c1ccc(-c2ccc4c(-c5ccccc5)c5ccccc5c(-c5ccc6ccccc6c5)c4c2)cc1N3c1ccccc1. The van der Waals surface area contributed by atoms with Crippen molar-refractivity contribution >= 4 is 60.4 Å². The fraction of sp³-hybridized carbons (Fsp3) is 0.0392. The Bertz CT molecular complexity index is 3090. The van der Waals surface area contributed by atoms with Crippen LogP contribution >= 0.6 is 0 Å². The van der Waals surface area contributed by atoms with E-state index in [2.05, 4.69) is 198 Å². The molecule has 0 atom stereocenters. The van der Waals surface area contributed by atoms with E-state index >= 15 is 0 Å². The molecule has 0 bridgehead atoms. The standard InChI is InChI=1S/C51H35N3/c1-2-48-52-44-22-13-23-46-51(44)54(48)45-29-27-37(32-47(45)53(46)39-18-7-4-8-19-39)36-26-28-42-43(31-36)50(38-25-24-33-14-9-10-17-35(33)30-38)41-21-12-11-20-40(41)49(42)34-15-5-3-6-16-34/h3-32H,2H2,1H3. The van der Waals surface area contributed by atoms with Gasteiger partial charge in [0.25, 0.3) is 0 Å². The summed E-state index contributed by atoms with van der Waals surface area (Å²) >= 11 is 0. The molecule has 0 unspecified atom stereocenters. The summed E-state index contributed by atoms with van der Waals surface area (Å²) in [4.78, 5) is 7.50. The highest BCUT2D eigenvalue weighted by atomic mass is 15.2. The third-order valence-corrected chi connectivity index (χ3v) is 11.2. The van der Waals surface area contributed by atoms with Crippen molar-refractivity contribution in [2.75, 3.05) is 4.90 Å². The van der Waals surface area contributed by atoms with Gasteiger partial charge in [-0.15, -0.1) is 0 Å². The largest absolute Gasteiger partial charge is 0.306 e. The molecule has 1 aromatic heterocycles. The summed E-state index contributed by atoms with van der Waals surface area (Å²) in [6, 6.07) is 66.6. The number of benzene rings is 9. The van der Waals surface area contributed by atoms with Crippen LogP contribution < -0.4 is 4.90 Å². The first-order chi connectivity index (χ1) is 26.7. The van der Waals surface area contributed by atoms with Crippen molar-refractivity contribution in [3.8, 4) is 39.1 Å². The molecule has 0 N–H and O–H groups in total. The molecule has 11 rings (SSSR count). The predicted molar refractivity (Wildman–Crippen MR) is 228 cm³/mol. The van der Waals surface area contributed by atoms with Crippen molar-refractivity contribution in [1.29, 1.82) is 0 Å². The Labute approximate surface area is 314 Å². The van der Waals surface area contributed by atoms with E-state index in [1.54, 1.807) is 0 Å². The molecule has 0 amide bonds. The maximum Gasteiger partial charge on any atom is 0.114 e. The fourth-order valence-electron chi connectivity index (χ4n) is 8.82. The van der Waals surface area contributed by atoms with Crippen LogP contribution in [0.2, 0.25) is 0 Å². The minimum Gasteiger partial charge on any atom is -0.306 e.